The second-order valence-electron chi connectivity index (χ2n) is 2.11. The van der Waals surface area contributed by atoms with Crippen LogP contribution in [0.3, 0.4) is 0 Å². The molecule has 0 nitrogen and oxygen atoms in total. The molecule has 1 aliphatic rings. The molecular weight excluding hydrogens is 247 g/mol. The van der Waals surface area contributed by atoms with Gasteiger partial charge in [-0.1, -0.05) is 19.4 Å². The van der Waals surface area contributed by atoms with Crippen LogP contribution in [0.15, 0.2) is 30.4 Å². The summed E-state index contributed by atoms with van der Waals surface area (Å²) in [4.78, 5) is 0. The van der Waals surface area contributed by atoms with Crippen molar-refractivity contribution in [2.45, 2.75) is 19.8 Å². The molecule has 0 N–H and O–H groups in total. The number of halogens is 1. The van der Waals surface area contributed by atoms with Crippen LogP contribution in [-0.4, -0.2) is 5.88 Å². The standard InChI is InChI=1S/C7H9.C3H5Cl.Zr/c1-2-7-5-3-4-6-7;1-2-3-4;/h3,5H,2,4H2,1H3;2H,1,3H2;/q-1;;. The fraction of sp³-hybridized carbons (Fsp3) is 0.400. The van der Waals surface area contributed by atoms with Crippen molar-refractivity contribution < 1.29 is 26.2 Å². The molecule has 0 saturated carbocycles. The summed E-state index contributed by atoms with van der Waals surface area (Å²) < 4.78 is 0. The van der Waals surface area contributed by atoms with Crippen LogP contribution in [0.2, 0.25) is 0 Å². The zero-order chi connectivity index (χ0) is 8.53. The van der Waals surface area contributed by atoms with Crippen LogP contribution in [0.25, 0.3) is 0 Å². The minimum absolute atomic E-state index is 0. The van der Waals surface area contributed by atoms with Gasteiger partial charge in [0.05, 0.1) is 0 Å². The summed E-state index contributed by atoms with van der Waals surface area (Å²) in [5.74, 6) is 0.556. The average molecular weight is 261 g/mol. The van der Waals surface area contributed by atoms with E-state index in [1.54, 1.807) is 6.08 Å². The molecule has 0 spiro atoms. The number of hydrogen-bond acceptors (Lipinski definition) is 0. The molecule has 0 heterocycles. The van der Waals surface area contributed by atoms with Gasteiger partial charge in [-0.3, -0.25) is 6.08 Å². The summed E-state index contributed by atoms with van der Waals surface area (Å²) >= 11 is 5.07. The number of allylic oxidation sites excluding steroid dienone is 5. The summed E-state index contributed by atoms with van der Waals surface area (Å²) in [6, 6.07) is 0. The van der Waals surface area contributed by atoms with Gasteiger partial charge in [0, 0.05) is 32.1 Å². The minimum atomic E-state index is 0. The third-order valence-electron chi connectivity index (χ3n) is 1.26. The van der Waals surface area contributed by atoms with Crippen LogP contribution in [0, 0.1) is 6.08 Å². The van der Waals surface area contributed by atoms with Crippen molar-refractivity contribution in [2.24, 2.45) is 0 Å². The van der Waals surface area contributed by atoms with Crippen LogP contribution in [-0.2, 0) is 26.2 Å². The van der Waals surface area contributed by atoms with Crippen molar-refractivity contribution in [3.63, 3.8) is 0 Å². The summed E-state index contributed by atoms with van der Waals surface area (Å²) in [5.41, 5.74) is 1.36. The predicted molar refractivity (Wildman–Crippen MR) is 51.7 cm³/mol. The maximum atomic E-state index is 5.07. The first-order valence-electron chi connectivity index (χ1n) is 3.78. The average Bonchev–Trinajstić information content (AvgIpc) is 2.56. The Morgan fingerprint density at radius 3 is 2.50 bits per heavy atom. The van der Waals surface area contributed by atoms with Crippen molar-refractivity contribution >= 4 is 11.6 Å². The van der Waals surface area contributed by atoms with Gasteiger partial charge >= 0.3 is 0 Å². The SMILES string of the molecule is C=CCCl.CCC1=[C-]CC=C1.[Zr]. The maximum absolute atomic E-state index is 5.07. The van der Waals surface area contributed by atoms with Crippen molar-refractivity contribution in [3.8, 4) is 0 Å². The molecule has 66 valence electrons. The molecule has 0 aromatic rings. The monoisotopic (exact) mass is 259 g/mol. The Labute approximate surface area is 99.5 Å². The quantitative estimate of drug-likeness (QED) is 0.405. The molecule has 0 radical (unpaired) electrons. The summed E-state index contributed by atoms with van der Waals surface area (Å²) in [6.45, 7) is 5.50. The molecule has 1 rings (SSSR count). The van der Waals surface area contributed by atoms with E-state index < -0.39 is 0 Å². The molecule has 0 aromatic carbocycles. The van der Waals surface area contributed by atoms with Gasteiger partial charge in [0.25, 0.3) is 0 Å². The molecule has 0 amide bonds. The molecule has 0 fully saturated rings. The topological polar surface area (TPSA) is 0 Å². The predicted octanol–water partition coefficient (Wildman–Crippen LogP) is 3.49. The van der Waals surface area contributed by atoms with Gasteiger partial charge in [-0.2, -0.15) is 6.08 Å². The number of hydrogen-bond donors (Lipinski definition) is 0. The zero-order valence-corrected chi connectivity index (χ0v) is 10.7. The van der Waals surface area contributed by atoms with E-state index in [2.05, 4.69) is 31.7 Å². The van der Waals surface area contributed by atoms with E-state index >= 15 is 0 Å². The molecule has 1 aliphatic carbocycles. The van der Waals surface area contributed by atoms with Gasteiger partial charge in [-0.05, 0) is 0 Å². The minimum Gasteiger partial charge on any atom is -0.270 e. The second kappa shape index (κ2) is 11.4. The van der Waals surface area contributed by atoms with Crippen molar-refractivity contribution in [2.75, 3.05) is 5.88 Å². The molecule has 12 heavy (non-hydrogen) atoms. The smallest absolute Gasteiger partial charge is 0.0401 e. The van der Waals surface area contributed by atoms with E-state index in [1.165, 1.54) is 5.57 Å². The van der Waals surface area contributed by atoms with Crippen LogP contribution in [0.4, 0.5) is 0 Å². The summed E-state index contributed by atoms with van der Waals surface area (Å²) in [6.07, 6.45) is 11.3. The first kappa shape index (κ1) is 14.9. The third-order valence-corrected chi connectivity index (χ3v) is 1.47. The van der Waals surface area contributed by atoms with E-state index in [0.29, 0.717) is 5.88 Å². The van der Waals surface area contributed by atoms with Crippen LogP contribution in [0.1, 0.15) is 19.8 Å². The van der Waals surface area contributed by atoms with Crippen molar-refractivity contribution in [1.82, 2.24) is 0 Å². The number of rotatable bonds is 2. The Hall–Kier alpha value is 0.393. The molecule has 0 bridgehead atoms. The van der Waals surface area contributed by atoms with Crippen molar-refractivity contribution in [1.29, 1.82) is 0 Å². The van der Waals surface area contributed by atoms with E-state index in [1.807, 2.05) is 0 Å². The molecule has 0 aromatic heterocycles. The molecule has 0 atom stereocenters. The Balaban J connectivity index is 0. The van der Waals surface area contributed by atoms with Gasteiger partial charge in [-0.25, -0.2) is 11.6 Å². The van der Waals surface area contributed by atoms with Gasteiger partial charge in [-0.15, -0.1) is 24.6 Å². The summed E-state index contributed by atoms with van der Waals surface area (Å²) in [7, 11) is 0. The fourth-order valence-electron chi connectivity index (χ4n) is 0.693. The number of alkyl halides is 1. The molecular formula is C10H14ClZr-. The van der Waals surface area contributed by atoms with Gasteiger partial charge < -0.3 is 0 Å². The Kier molecular flexibility index (Phi) is 14.1. The maximum Gasteiger partial charge on any atom is 0.0401 e. The van der Waals surface area contributed by atoms with E-state index in [4.69, 9.17) is 11.6 Å². The summed E-state index contributed by atoms with van der Waals surface area (Å²) in [5, 5.41) is 0. The first-order chi connectivity index (χ1) is 5.35. The molecule has 0 aliphatic heterocycles. The first-order valence-corrected chi connectivity index (χ1v) is 4.31. The second-order valence-corrected chi connectivity index (χ2v) is 2.41. The molecule has 0 saturated heterocycles. The van der Waals surface area contributed by atoms with Gasteiger partial charge in [0.15, 0.2) is 0 Å². The van der Waals surface area contributed by atoms with Crippen LogP contribution >= 0.6 is 11.6 Å². The normalized spacial score (nSPS) is 12.3. The zero-order valence-electron chi connectivity index (χ0n) is 7.44. The van der Waals surface area contributed by atoms with Crippen LogP contribution < -0.4 is 0 Å². The van der Waals surface area contributed by atoms with E-state index in [9.17, 15) is 0 Å². The molecule has 2 heteroatoms. The van der Waals surface area contributed by atoms with E-state index in [-0.39, 0.29) is 26.2 Å². The van der Waals surface area contributed by atoms with Crippen LogP contribution in [0.5, 0.6) is 0 Å². The fourth-order valence-corrected chi connectivity index (χ4v) is 0.693. The van der Waals surface area contributed by atoms with E-state index in [0.717, 1.165) is 12.8 Å². The van der Waals surface area contributed by atoms with Gasteiger partial charge in [0.2, 0.25) is 0 Å². The Morgan fingerprint density at radius 2 is 2.33 bits per heavy atom. The largest absolute Gasteiger partial charge is 0.270 e. The Morgan fingerprint density at radius 1 is 1.75 bits per heavy atom. The Bertz CT molecular complexity index is 159. The van der Waals surface area contributed by atoms with Crippen molar-refractivity contribution in [3.05, 3.63) is 36.5 Å². The van der Waals surface area contributed by atoms with Gasteiger partial charge in [0.1, 0.15) is 0 Å². The molecule has 0 unspecified atom stereocenters. The third kappa shape index (κ3) is 8.49.